The summed E-state index contributed by atoms with van der Waals surface area (Å²) in [5.74, 6) is -0.621. The Kier molecular flexibility index (Phi) is 11.6. The van der Waals surface area contributed by atoms with Crippen molar-refractivity contribution >= 4 is 73.9 Å². The van der Waals surface area contributed by atoms with Crippen LogP contribution in [0.2, 0.25) is 20.1 Å². The number of nitrogens with one attached hydrogen (secondary N) is 1. The van der Waals surface area contributed by atoms with E-state index in [4.69, 9.17) is 46.4 Å². The highest BCUT2D eigenvalue weighted by atomic mass is 35.5. The van der Waals surface area contributed by atoms with Crippen LogP contribution >= 0.6 is 46.4 Å². The molecule has 12 heteroatoms. The van der Waals surface area contributed by atoms with Crippen molar-refractivity contribution in [1.29, 1.82) is 0 Å². The number of halogens is 4. The Bertz CT molecular complexity index is 1190. The van der Waals surface area contributed by atoms with Gasteiger partial charge in [0.25, 0.3) is 0 Å². The Morgan fingerprint density at radius 2 is 1.64 bits per heavy atom. The molecule has 0 radical (unpaired) electrons. The average Bonchev–Trinajstić information content (AvgIpc) is 2.80. The highest BCUT2D eigenvalue weighted by Gasteiger charge is 2.27. The Labute approximate surface area is 232 Å². The van der Waals surface area contributed by atoms with Crippen molar-refractivity contribution in [2.24, 2.45) is 0 Å². The maximum atomic E-state index is 13.3. The van der Waals surface area contributed by atoms with E-state index in [1.54, 1.807) is 31.2 Å². The molecule has 0 fully saturated rings. The molecule has 0 aliphatic rings. The lowest BCUT2D eigenvalue weighted by Gasteiger charge is -2.30. The number of rotatable bonds is 12. The Morgan fingerprint density at radius 3 is 2.25 bits per heavy atom. The van der Waals surface area contributed by atoms with E-state index in [-0.39, 0.29) is 48.5 Å². The molecule has 198 valence electrons. The van der Waals surface area contributed by atoms with Crippen molar-refractivity contribution in [1.82, 2.24) is 10.2 Å². The number of benzene rings is 2. The summed E-state index contributed by atoms with van der Waals surface area (Å²) in [6.07, 6.45) is 1.98. The molecule has 0 spiro atoms. The summed E-state index contributed by atoms with van der Waals surface area (Å²) in [6, 6.07) is 8.69. The summed E-state index contributed by atoms with van der Waals surface area (Å²) in [7, 11) is -3.70. The van der Waals surface area contributed by atoms with Crippen LogP contribution in [0.4, 0.5) is 5.69 Å². The van der Waals surface area contributed by atoms with Crippen LogP contribution < -0.4 is 9.62 Å². The summed E-state index contributed by atoms with van der Waals surface area (Å²) in [4.78, 5) is 27.4. The van der Waals surface area contributed by atoms with Gasteiger partial charge < -0.3 is 10.2 Å². The summed E-state index contributed by atoms with van der Waals surface area (Å²) >= 11 is 24.6. The van der Waals surface area contributed by atoms with Gasteiger partial charge in [-0.05, 0) is 55.7 Å². The second-order valence-corrected chi connectivity index (χ2v) is 11.9. The molecule has 2 aromatic rings. The Balaban J connectivity index is 2.22. The minimum absolute atomic E-state index is 0.00338. The van der Waals surface area contributed by atoms with Crippen molar-refractivity contribution in [2.45, 2.75) is 45.7 Å². The predicted molar refractivity (Wildman–Crippen MR) is 148 cm³/mol. The summed E-state index contributed by atoms with van der Waals surface area (Å²) in [5.41, 5.74) is 0.865. The van der Waals surface area contributed by atoms with E-state index in [1.165, 1.54) is 17.0 Å². The van der Waals surface area contributed by atoms with Gasteiger partial charge in [0, 0.05) is 41.1 Å². The second kappa shape index (κ2) is 13.7. The van der Waals surface area contributed by atoms with Gasteiger partial charge in [-0.2, -0.15) is 0 Å². The third-order valence-electron chi connectivity index (χ3n) is 5.40. The van der Waals surface area contributed by atoms with E-state index in [1.807, 2.05) is 6.92 Å². The standard InChI is InChI=1S/C24H29Cl4N3O4S/c1-4-11-29-24(33)16(2)30(15-17-7-8-18(25)13-21(17)28)23(32)6-5-12-31(36(3,34)35)22-14-19(26)9-10-20(22)27/h7-10,13-14,16H,4-6,11-12,15H2,1-3H3,(H,29,33). The molecule has 2 amide bonds. The van der Waals surface area contributed by atoms with E-state index in [9.17, 15) is 18.0 Å². The van der Waals surface area contributed by atoms with Crippen molar-refractivity contribution < 1.29 is 18.0 Å². The van der Waals surface area contributed by atoms with Crippen LogP contribution in [0.5, 0.6) is 0 Å². The fraction of sp³-hybridized carbons (Fsp3) is 0.417. The van der Waals surface area contributed by atoms with Gasteiger partial charge in [-0.15, -0.1) is 0 Å². The molecule has 0 aliphatic carbocycles. The Hall–Kier alpha value is -1.71. The van der Waals surface area contributed by atoms with Gasteiger partial charge in [0.1, 0.15) is 6.04 Å². The zero-order valence-electron chi connectivity index (χ0n) is 20.2. The lowest BCUT2D eigenvalue weighted by molar-refractivity contribution is -0.140. The highest BCUT2D eigenvalue weighted by molar-refractivity contribution is 7.92. The lowest BCUT2D eigenvalue weighted by atomic mass is 10.1. The molecule has 0 aliphatic heterocycles. The van der Waals surface area contributed by atoms with Gasteiger partial charge in [-0.25, -0.2) is 8.42 Å². The summed E-state index contributed by atoms with van der Waals surface area (Å²) < 4.78 is 26.0. The first kappa shape index (κ1) is 30.5. The molecule has 36 heavy (non-hydrogen) atoms. The van der Waals surface area contributed by atoms with Gasteiger partial charge in [-0.1, -0.05) is 59.4 Å². The number of carbonyl (C=O) groups excluding carboxylic acids is 2. The van der Waals surface area contributed by atoms with Crippen molar-refractivity contribution in [3.8, 4) is 0 Å². The third kappa shape index (κ3) is 8.70. The van der Waals surface area contributed by atoms with Crippen LogP contribution in [-0.4, -0.2) is 50.5 Å². The monoisotopic (exact) mass is 595 g/mol. The fourth-order valence-electron chi connectivity index (χ4n) is 3.47. The molecule has 0 aromatic heterocycles. The fourth-order valence-corrected chi connectivity index (χ4v) is 5.34. The topological polar surface area (TPSA) is 86.8 Å². The van der Waals surface area contributed by atoms with E-state index in [2.05, 4.69) is 5.32 Å². The zero-order valence-corrected chi connectivity index (χ0v) is 24.1. The maximum absolute atomic E-state index is 13.3. The van der Waals surface area contributed by atoms with Crippen molar-refractivity contribution in [3.05, 3.63) is 62.1 Å². The van der Waals surface area contributed by atoms with Crippen LogP contribution in [0.3, 0.4) is 0 Å². The zero-order chi connectivity index (χ0) is 27.0. The van der Waals surface area contributed by atoms with Crippen LogP contribution in [0.1, 0.15) is 38.7 Å². The number of anilines is 1. The van der Waals surface area contributed by atoms with Gasteiger partial charge in [-0.3, -0.25) is 13.9 Å². The SMILES string of the molecule is CCCNC(=O)C(C)N(Cc1ccc(Cl)cc1Cl)C(=O)CCCN(c1cc(Cl)ccc1Cl)S(C)(=O)=O. The minimum atomic E-state index is -3.70. The van der Waals surface area contributed by atoms with Crippen LogP contribution in [0.25, 0.3) is 0 Å². The molecule has 1 unspecified atom stereocenters. The molecule has 0 saturated heterocycles. The average molecular weight is 597 g/mol. The lowest BCUT2D eigenvalue weighted by Crippen LogP contribution is -2.48. The van der Waals surface area contributed by atoms with Crippen LogP contribution in [0, 0.1) is 0 Å². The van der Waals surface area contributed by atoms with Gasteiger partial charge in [0.15, 0.2) is 0 Å². The van der Waals surface area contributed by atoms with Crippen molar-refractivity contribution in [2.75, 3.05) is 23.7 Å². The van der Waals surface area contributed by atoms with E-state index in [0.29, 0.717) is 27.2 Å². The normalized spacial score (nSPS) is 12.2. The smallest absolute Gasteiger partial charge is 0.242 e. The minimum Gasteiger partial charge on any atom is -0.354 e. The second-order valence-electron chi connectivity index (χ2n) is 8.26. The number of carbonyl (C=O) groups is 2. The number of hydrogen-bond acceptors (Lipinski definition) is 4. The maximum Gasteiger partial charge on any atom is 0.242 e. The molecule has 1 atom stereocenters. The van der Waals surface area contributed by atoms with E-state index < -0.39 is 16.1 Å². The van der Waals surface area contributed by atoms with Gasteiger partial charge in [0.2, 0.25) is 21.8 Å². The number of sulfonamides is 1. The van der Waals surface area contributed by atoms with E-state index in [0.717, 1.165) is 17.0 Å². The predicted octanol–water partition coefficient (Wildman–Crippen LogP) is 5.79. The highest BCUT2D eigenvalue weighted by Crippen LogP contribution is 2.31. The molecule has 0 bridgehead atoms. The number of nitrogens with zero attached hydrogens (tertiary/aromatic N) is 2. The number of hydrogen-bond donors (Lipinski definition) is 1. The third-order valence-corrected chi connectivity index (χ3v) is 7.72. The molecular formula is C24H29Cl4N3O4S. The van der Waals surface area contributed by atoms with Gasteiger partial charge >= 0.3 is 0 Å². The molecule has 2 aromatic carbocycles. The summed E-state index contributed by atoms with van der Waals surface area (Å²) in [6.45, 7) is 4.14. The molecule has 0 heterocycles. The van der Waals surface area contributed by atoms with Crippen LogP contribution in [0.15, 0.2) is 36.4 Å². The number of amides is 2. The molecule has 0 saturated carbocycles. The summed E-state index contributed by atoms with van der Waals surface area (Å²) in [5, 5.41) is 4.18. The van der Waals surface area contributed by atoms with E-state index >= 15 is 0 Å². The molecule has 1 N–H and O–H groups in total. The quantitative estimate of drug-likeness (QED) is 0.336. The molecule has 7 nitrogen and oxygen atoms in total. The Morgan fingerprint density at radius 1 is 1.00 bits per heavy atom. The van der Waals surface area contributed by atoms with Crippen molar-refractivity contribution in [3.63, 3.8) is 0 Å². The first-order valence-corrected chi connectivity index (χ1v) is 14.6. The first-order valence-electron chi connectivity index (χ1n) is 11.3. The molecule has 2 rings (SSSR count). The first-order chi connectivity index (χ1) is 16.8. The molecular weight excluding hydrogens is 568 g/mol. The largest absolute Gasteiger partial charge is 0.354 e. The van der Waals surface area contributed by atoms with Gasteiger partial charge in [0.05, 0.1) is 17.0 Å². The van der Waals surface area contributed by atoms with Crippen LogP contribution in [-0.2, 0) is 26.2 Å².